The third kappa shape index (κ3) is 2.84. The van der Waals surface area contributed by atoms with Crippen LogP contribution in [0.4, 0.5) is 5.82 Å². The normalized spacial score (nSPS) is 13.1. The second kappa shape index (κ2) is 5.72. The molecule has 1 aromatic carbocycles. The number of hydrogen-bond donors (Lipinski definition) is 1. The minimum absolute atomic E-state index is 0.636. The summed E-state index contributed by atoms with van der Waals surface area (Å²) in [5, 5.41) is 3.25. The highest BCUT2D eigenvalue weighted by Gasteiger charge is 2.14. The number of ether oxygens (including phenoxy) is 1. The number of anilines is 1. The van der Waals surface area contributed by atoms with Crippen LogP contribution in [0.25, 0.3) is 0 Å². The smallest absolute Gasteiger partial charge is 0.227 e. The second-order valence-electron chi connectivity index (χ2n) is 5.47. The Labute approximate surface area is 125 Å². The van der Waals surface area contributed by atoms with E-state index in [1.807, 2.05) is 19.9 Å². The fourth-order valence-corrected chi connectivity index (χ4v) is 2.76. The summed E-state index contributed by atoms with van der Waals surface area (Å²) >= 11 is 0. The van der Waals surface area contributed by atoms with Crippen LogP contribution in [0.15, 0.2) is 18.2 Å². The highest BCUT2D eigenvalue weighted by atomic mass is 16.5. The van der Waals surface area contributed by atoms with Crippen molar-refractivity contribution in [1.82, 2.24) is 9.97 Å². The highest BCUT2D eigenvalue weighted by Crippen LogP contribution is 2.31. The number of nitrogens with one attached hydrogen (secondary N) is 1. The lowest BCUT2D eigenvalue weighted by molar-refractivity contribution is 0.455. The van der Waals surface area contributed by atoms with E-state index >= 15 is 0 Å². The molecule has 1 aliphatic carbocycles. The van der Waals surface area contributed by atoms with Gasteiger partial charge in [-0.2, -0.15) is 4.98 Å². The van der Waals surface area contributed by atoms with Gasteiger partial charge in [-0.3, -0.25) is 0 Å². The number of hydrogen-bond acceptors (Lipinski definition) is 4. The van der Waals surface area contributed by atoms with E-state index < -0.39 is 0 Å². The Kier molecular flexibility index (Phi) is 3.78. The van der Waals surface area contributed by atoms with Gasteiger partial charge in [-0.1, -0.05) is 6.07 Å². The summed E-state index contributed by atoms with van der Waals surface area (Å²) in [6.45, 7) is 6.75. The van der Waals surface area contributed by atoms with Gasteiger partial charge in [-0.05, 0) is 63.3 Å². The van der Waals surface area contributed by atoms with Crippen molar-refractivity contribution in [3.05, 3.63) is 40.7 Å². The monoisotopic (exact) mass is 283 g/mol. The summed E-state index contributed by atoms with van der Waals surface area (Å²) in [7, 11) is 0. The zero-order valence-electron chi connectivity index (χ0n) is 12.9. The molecular weight excluding hydrogens is 262 g/mol. The van der Waals surface area contributed by atoms with Gasteiger partial charge in [0, 0.05) is 6.54 Å². The molecule has 0 atom stereocenters. The van der Waals surface area contributed by atoms with Gasteiger partial charge in [0.05, 0.1) is 5.56 Å². The van der Waals surface area contributed by atoms with E-state index in [1.54, 1.807) is 0 Å². The Hall–Kier alpha value is -2.10. The fraction of sp³-hybridized carbons (Fsp3) is 0.412. The topological polar surface area (TPSA) is 47.0 Å². The predicted molar refractivity (Wildman–Crippen MR) is 84.2 cm³/mol. The van der Waals surface area contributed by atoms with Crippen molar-refractivity contribution < 1.29 is 4.74 Å². The van der Waals surface area contributed by atoms with Crippen LogP contribution < -0.4 is 10.1 Å². The molecule has 1 N–H and O–H groups in total. The Bertz CT molecular complexity index is 667. The molecule has 1 aromatic heterocycles. The van der Waals surface area contributed by atoms with Crippen molar-refractivity contribution in [3.63, 3.8) is 0 Å². The minimum atomic E-state index is 0.636. The molecule has 1 aliphatic rings. The molecule has 4 nitrogen and oxygen atoms in total. The van der Waals surface area contributed by atoms with Crippen LogP contribution in [0.2, 0.25) is 0 Å². The molecule has 0 bridgehead atoms. The van der Waals surface area contributed by atoms with Crippen LogP contribution in [0, 0.1) is 13.8 Å². The molecule has 0 fully saturated rings. The SMILES string of the molecule is CCNc1nc(C)nc(Oc2ccc3c(c2)CCC3)c1C. The molecule has 2 aromatic rings. The first-order valence-electron chi connectivity index (χ1n) is 7.56. The molecule has 0 spiro atoms. The van der Waals surface area contributed by atoms with Crippen molar-refractivity contribution >= 4 is 5.82 Å². The Balaban J connectivity index is 1.90. The Morgan fingerprint density at radius 3 is 2.76 bits per heavy atom. The van der Waals surface area contributed by atoms with Crippen LogP contribution in [0.3, 0.4) is 0 Å². The summed E-state index contributed by atoms with van der Waals surface area (Å²) in [6.07, 6.45) is 3.58. The quantitative estimate of drug-likeness (QED) is 0.927. The summed E-state index contributed by atoms with van der Waals surface area (Å²) in [6, 6.07) is 6.35. The average Bonchev–Trinajstić information content (AvgIpc) is 2.91. The molecule has 0 aliphatic heterocycles. The standard InChI is InChI=1S/C17H21N3O/c1-4-18-16-11(2)17(20-12(3)19-16)21-15-9-8-13-6-5-7-14(13)10-15/h8-10H,4-7H2,1-3H3,(H,18,19,20). The van der Waals surface area contributed by atoms with Gasteiger partial charge >= 0.3 is 0 Å². The van der Waals surface area contributed by atoms with Gasteiger partial charge in [0.25, 0.3) is 0 Å². The molecule has 21 heavy (non-hydrogen) atoms. The predicted octanol–water partition coefficient (Wildman–Crippen LogP) is 3.81. The van der Waals surface area contributed by atoms with Crippen molar-refractivity contribution in [1.29, 1.82) is 0 Å². The van der Waals surface area contributed by atoms with Crippen LogP contribution in [-0.2, 0) is 12.8 Å². The maximum atomic E-state index is 6.01. The average molecular weight is 283 g/mol. The minimum Gasteiger partial charge on any atom is -0.439 e. The largest absolute Gasteiger partial charge is 0.439 e. The zero-order valence-corrected chi connectivity index (χ0v) is 12.9. The van der Waals surface area contributed by atoms with Gasteiger partial charge in [0.1, 0.15) is 17.4 Å². The third-order valence-corrected chi connectivity index (χ3v) is 3.84. The number of benzene rings is 1. The Morgan fingerprint density at radius 1 is 1.14 bits per heavy atom. The van der Waals surface area contributed by atoms with E-state index in [2.05, 4.69) is 34.3 Å². The van der Waals surface area contributed by atoms with E-state index in [0.717, 1.165) is 30.1 Å². The third-order valence-electron chi connectivity index (χ3n) is 3.84. The number of rotatable bonds is 4. The first kappa shape index (κ1) is 13.9. The van der Waals surface area contributed by atoms with Crippen molar-refractivity contribution in [2.24, 2.45) is 0 Å². The second-order valence-corrected chi connectivity index (χ2v) is 5.47. The van der Waals surface area contributed by atoms with Crippen molar-refractivity contribution in [2.75, 3.05) is 11.9 Å². The van der Waals surface area contributed by atoms with E-state index in [1.165, 1.54) is 24.0 Å². The molecule has 0 amide bonds. The van der Waals surface area contributed by atoms with Crippen LogP contribution >= 0.6 is 0 Å². The molecule has 110 valence electrons. The molecule has 0 radical (unpaired) electrons. The molecule has 0 saturated carbocycles. The van der Waals surface area contributed by atoms with Crippen LogP contribution in [0.5, 0.6) is 11.6 Å². The van der Waals surface area contributed by atoms with Gasteiger partial charge in [0.2, 0.25) is 5.88 Å². The number of fused-ring (bicyclic) bond motifs is 1. The molecule has 0 unspecified atom stereocenters. The van der Waals surface area contributed by atoms with Crippen LogP contribution in [-0.4, -0.2) is 16.5 Å². The first-order valence-corrected chi connectivity index (χ1v) is 7.56. The lowest BCUT2D eigenvalue weighted by atomic mass is 10.1. The molecule has 4 heteroatoms. The summed E-state index contributed by atoms with van der Waals surface area (Å²) < 4.78 is 6.01. The first-order chi connectivity index (χ1) is 10.2. The van der Waals surface area contributed by atoms with Gasteiger partial charge < -0.3 is 10.1 Å². The molecule has 3 rings (SSSR count). The molecular formula is C17H21N3O. The van der Waals surface area contributed by atoms with Gasteiger partial charge in [0.15, 0.2) is 0 Å². The maximum Gasteiger partial charge on any atom is 0.227 e. The number of aromatic nitrogens is 2. The molecule has 1 heterocycles. The van der Waals surface area contributed by atoms with Gasteiger partial charge in [-0.15, -0.1) is 0 Å². The summed E-state index contributed by atoms with van der Waals surface area (Å²) in [4.78, 5) is 8.85. The van der Waals surface area contributed by atoms with Crippen molar-refractivity contribution in [3.8, 4) is 11.6 Å². The lowest BCUT2D eigenvalue weighted by Gasteiger charge is -2.13. The number of nitrogens with zero attached hydrogens (tertiary/aromatic N) is 2. The fourth-order valence-electron chi connectivity index (χ4n) is 2.76. The van der Waals surface area contributed by atoms with E-state index in [0.29, 0.717) is 11.7 Å². The van der Waals surface area contributed by atoms with Crippen molar-refractivity contribution in [2.45, 2.75) is 40.0 Å². The van der Waals surface area contributed by atoms with E-state index in [-0.39, 0.29) is 0 Å². The Morgan fingerprint density at radius 2 is 1.95 bits per heavy atom. The lowest BCUT2D eigenvalue weighted by Crippen LogP contribution is -2.06. The van der Waals surface area contributed by atoms with Crippen LogP contribution in [0.1, 0.15) is 35.9 Å². The zero-order chi connectivity index (χ0) is 14.8. The number of aryl methyl sites for hydroxylation is 3. The summed E-state index contributed by atoms with van der Waals surface area (Å²) in [5.41, 5.74) is 3.80. The van der Waals surface area contributed by atoms with Gasteiger partial charge in [-0.25, -0.2) is 4.98 Å². The van der Waals surface area contributed by atoms with E-state index in [4.69, 9.17) is 4.74 Å². The maximum absolute atomic E-state index is 6.01. The summed E-state index contributed by atoms with van der Waals surface area (Å²) in [5.74, 6) is 3.06. The highest BCUT2D eigenvalue weighted by molar-refractivity contribution is 5.50. The van der Waals surface area contributed by atoms with E-state index in [9.17, 15) is 0 Å². The molecule has 0 saturated heterocycles.